The van der Waals surface area contributed by atoms with Crippen LogP contribution in [-0.4, -0.2) is 41.5 Å². The van der Waals surface area contributed by atoms with Gasteiger partial charge in [-0.2, -0.15) is 0 Å². The molecule has 0 aromatic heterocycles. The second-order valence-corrected chi connectivity index (χ2v) is 8.86. The van der Waals surface area contributed by atoms with Crippen LogP contribution in [0.25, 0.3) is 0 Å². The number of carboxylic acids is 1. The quantitative estimate of drug-likeness (QED) is 0.320. The Hall–Kier alpha value is -3.45. The number of carbonyl (C=O) groups is 2. The van der Waals surface area contributed by atoms with Gasteiger partial charge in [0.25, 0.3) is 0 Å². The summed E-state index contributed by atoms with van der Waals surface area (Å²) in [6, 6.07) is 22.1. The topological polar surface area (TPSA) is 119 Å². The van der Waals surface area contributed by atoms with Crippen LogP contribution in [0.5, 0.6) is 5.75 Å². The van der Waals surface area contributed by atoms with E-state index in [2.05, 4.69) is 0 Å². The van der Waals surface area contributed by atoms with Gasteiger partial charge in [-0.25, -0.2) is 14.2 Å². The molecule has 172 valence electrons. The van der Waals surface area contributed by atoms with Crippen molar-refractivity contribution in [2.45, 2.75) is 12.5 Å². The van der Waals surface area contributed by atoms with Gasteiger partial charge in [0, 0.05) is 13.0 Å². The summed E-state index contributed by atoms with van der Waals surface area (Å²) in [4.78, 5) is 23.3. The van der Waals surface area contributed by atoms with E-state index in [1.165, 1.54) is 24.3 Å². The first-order valence-electron chi connectivity index (χ1n) is 10.1. The molecule has 3 aromatic rings. The molecule has 3 aromatic carbocycles. The highest BCUT2D eigenvalue weighted by atomic mass is 31.2. The molecule has 2 N–H and O–H groups in total. The second-order valence-electron chi connectivity index (χ2n) is 6.96. The highest BCUT2D eigenvalue weighted by Gasteiger charge is 2.33. The number of rotatable bonds is 11. The van der Waals surface area contributed by atoms with Crippen molar-refractivity contribution in [1.82, 2.24) is 0 Å². The van der Waals surface area contributed by atoms with Crippen LogP contribution in [0.1, 0.15) is 27.1 Å². The van der Waals surface area contributed by atoms with Gasteiger partial charge in [0.2, 0.25) is 0 Å². The predicted molar refractivity (Wildman–Crippen MR) is 121 cm³/mol. The van der Waals surface area contributed by atoms with Crippen molar-refractivity contribution in [3.05, 3.63) is 96.1 Å². The van der Waals surface area contributed by atoms with Gasteiger partial charge in [0.15, 0.2) is 0 Å². The third kappa shape index (κ3) is 6.76. The van der Waals surface area contributed by atoms with Crippen molar-refractivity contribution in [3.8, 4) is 5.75 Å². The van der Waals surface area contributed by atoms with E-state index < -0.39 is 25.6 Å². The summed E-state index contributed by atoms with van der Waals surface area (Å²) in [7, 11) is -3.90. The largest absolute Gasteiger partial charge is 0.478 e. The van der Waals surface area contributed by atoms with E-state index in [0.717, 1.165) is 0 Å². The lowest BCUT2D eigenvalue weighted by molar-refractivity contribution is 0.0248. The average Bonchev–Trinajstić information content (AvgIpc) is 2.83. The van der Waals surface area contributed by atoms with Crippen LogP contribution in [0, 0.1) is 0 Å². The Bertz CT molecular complexity index is 1100. The number of para-hydroxylation sites is 1. The van der Waals surface area contributed by atoms with Crippen molar-refractivity contribution in [2.75, 3.05) is 13.2 Å². The van der Waals surface area contributed by atoms with Crippen molar-refractivity contribution in [1.29, 1.82) is 0 Å². The smallest absolute Gasteiger partial charge is 0.411 e. The van der Waals surface area contributed by atoms with Gasteiger partial charge in [0.05, 0.1) is 16.4 Å². The first-order valence-corrected chi connectivity index (χ1v) is 11.7. The second kappa shape index (κ2) is 11.4. The first-order chi connectivity index (χ1) is 15.9. The summed E-state index contributed by atoms with van der Waals surface area (Å²) in [6.07, 6.45) is -0.882. The van der Waals surface area contributed by atoms with Gasteiger partial charge in [-0.1, -0.05) is 36.4 Å². The highest BCUT2D eigenvalue weighted by molar-refractivity contribution is 7.62. The predicted octanol–water partition coefficient (Wildman–Crippen LogP) is 3.91. The fraction of sp³-hybridized carbons (Fsp3) is 0.167. The molecule has 0 radical (unpaired) electrons. The number of hydrogen-bond donors (Lipinski definition) is 2. The number of carbonyl (C=O) groups excluding carboxylic acids is 1. The number of aliphatic hydroxyl groups excluding tert-OH is 1. The van der Waals surface area contributed by atoms with E-state index in [4.69, 9.17) is 18.9 Å². The number of aliphatic hydroxyl groups is 1. The Balaban J connectivity index is 1.75. The standard InChI is InChI=1S/C24H23O8P/c25-16-15-21(17-30-24(28)19-13-11-18(12-14-19)23(26)27)32-33(29,22-9-5-2-6-10-22)31-20-7-3-1-4-8-20/h1-14,21,25H,15-17H2,(H,26,27). The van der Waals surface area contributed by atoms with Gasteiger partial charge in [-0.15, -0.1) is 0 Å². The first kappa shape index (κ1) is 24.2. The summed E-state index contributed by atoms with van der Waals surface area (Å²) in [5.74, 6) is -1.48. The number of esters is 1. The molecule has 2 unspecified atom stereocenters. The van der Waals surface area contributed by atoms with Gasteiger partial charge in [0.1, 0.15) is 18.5 Å². The molecule has 9 heteroatoms. The van der Waals surface area contributed by atoms with E-state index in [-0.39, 0.29) is 30.8 Å². The number of hydrogen-bond acceptors (Lipinski definition) is 7. The maximum Gasteiger partial charge on any atom is 0.411 e. The number of aromatic carboxylic acids is 1. The third-order valence-electron chi connectivity index (χ3n) is 4.55. The monoisotopic (exact) mass is 470 g/mol. The average molecular weight is 470 g/mol. The van der Waals surface area contributed by atoms with E-state index in [1.807, 2.05) is 0 Å². The van der Waals surface area contributed by atoms with Crippen LogP contribution >= 0.6 is 7.60 Å². The van der Waals surface area contributed by atoms with Gasteiger partial charge in [-0.05, 0) is 48.5 Å². The number of benzene rings is 3. The fourth-order valence-electron chi connectivity index (χ4n) is 2.87. The Kier molecular flexibility index (Phi) is 8.38. The Morgan fingerprint density at radius 3 is 2.00 bits per heavy atom. The zero-order valence-electron chi connectivity index (χ0n) is 17.6. The van der Waals surface area contributed by atoms with Crippen LogP contribution in [0.3, 0.4) is 0 Å². The van der Waals surface area contributed by atoms with Gasteiger partial charge < -0.3 is 19.5 Å². The lowest BCUT2D eigenvalue weighted by Crippen LogP contribution is -2.26. The Labute approximate surface area is 190 Å². The van der Waals surface area contributed by atoms with Crippen molar-refractivity contribution in [3.63, 3.8) is 0 Å². The minimum atomic E-state index is -3.90. The zero-order chi connectivity index (χ0) is 23.7. The summed E-state index contributed by atoms with van der Waals surface area (Å²) >= 11 is 0. The Morgan fingerprint density at radius 2 is 1.42 bits per heavy atom. The molecule has 0 aliphatic carbocycles. The summed E-state index contributed by atoms with van der Waals surface area (Å²) in [6.45, 7) is -0.593. The molecule has 0 saturated heterocycles. The minimum absolute atomic E-state index is 0.0369. The minimum Gasteiger partial charge on any atom is -0.478 e. The fourth-order valence-corrected chi connectivity index (χ4v) is 4.64. The maximum absolute atomic E-state index is 13.8. The zero-order valence-corrected chi connectivity index (χ0v) is 18.5. The lowest BCUT2D eigenvalue weighted by Gasteiger charge is -2.25. The molecule has 0 bridgehead atoms. The molecular weight excluding hydrogens is 447 g/mol. The summed E-state index contributed by atoms with van der Waals surface area (Å²) < 4.78 is 30.6. The number of ether oxygens (including phenoxy) is 1. The van der Waals surface area contributed by atoms with E-state index in [9.17, 15) is 19.3 Å². The number of carboxylic acid groups (broad SMARTS) is 1. The summed E-state index contributed by atoms with van der Waals surface area (Å²) in [5, 5.41) is 18.7. The van der Waals surface area contributed by atoms with Crippen LogP contribution < -0.4 is 9.83 Å². The maximum atomic E-state index is 13.8. The SMILES string of the molecule is O=C(O)c1ccc(C(=O)OCC(CCO)OP(=O)(Oc2ccccc2)c2ccccc2)cc1. The van der Waals surface area contributed by atoms with E-state index in [1.54, 1.807) is 60.7 Å². The molecule has 33 heavy (non-hydrogen) atoms. The summed E-state index contributed by atoms with van der Waals surface area (Å²) in [5.41, 5.74) is 0.185. The lowest BCUT2D eigenvalue weighted by atomic mass is 10.1. The van der Waals surface area contributed by atoms with Gasteiger partial charge in [-0.3, -0.25) is 4.52 Å². The van der Waals surface area contributed by atoms with Crippen LogP contribution in [-0.2, 0) is 13.8 Å². The highest BCUT2D eigenvalue weighted by Crippen LogP contribution is 2.48. The molecule has 3 rings (SSSR count). The van der Waals surface area contributed by atoms with Crippen LogP contribution in [0.2, 0.25) is 0 Å². The molecule has 0 heterocycles. The molecule has 8 nitrogen and oxygen atoms in total. The van der Waals surface area contributed by atoms with Crippen LogP contribution in [0.4, 0.5) is 0 Å². The van der Waals surface area contributed by atoms with Crippen molar-refractivity contribution in [2.24, 2.45) is 0 Å². The van der Waals surface area contributed by atoms with E-state index >= 15 is 0 Å². The third-order valence-corrected chi connectivity index (χ3v) is 6.51. The van der Waals surface area contributed by atoms with Gasteiger partial charge >= 0.3 is 19.5 Å². The molecule has 2 atom stereocenters. The molecule has 0 spiro atoms. The molecular formula is C24H23O8P. The van der Waals surface area contributed by atoms with Crippen molar-refractivity contribution < 1.29 is 38.2 Å². The molecule has 0 amide bonds. The molecule has 0 aliphatic heterocycles. The Morgan fingerprint density at radius 1 is 0.848 bits per heavy atom. The normalized spacial score (nSPS) is 13.5. The molecule has 0 saturated carbocycles. The van der Waals surface area contributed by atoms with Crippen LogP contribution in [0.15, 0.2) is 84.9 Å². The molecule has 0 fully saturated rings. The van der Waals surface area contributed by atoms with Crippen molar-refractivity contribution >= 4 is 24.8 Å². The molecule has 0 aliphatic rings. The van der Waals surface area contributed by atoms with E-state index in [0.29, 0.717) is 11.1 Å².